The van der Waals surface area contributed by atoms with Crippen LogP contribution in [0.2, 0.25) is 0 Å². The Morgan fingerprint density at radius 1 is 1.31 bits per heavy atom. The average Bonchev–Trinajstić information content (AvgIpc) is 2.74. The van der Waals surface area contributed by atoms with Crippen molar-refractivity contribution in [3.8, 4) is 0 Å². The Hall–Kier alpha value is -1.87. The van der Waals surface area contributed by atoms with Gasteiger partial charge in [-0.25, -0.2) is 4.79 Å². The highest BCUT2D eigenvalue weighted by atomic mass is 16.6. The molecule has 82 valence electrons. The molecule has 16 heavy (non-hydrogen) atoms. The molecule has 0 amide bonds. The zero-order valence-corrected chi connectivity index (χ0v) is 8.61. The summed E-state index contributed by atoms with van der Waals surface area (Å²) in [5, 5.41) is 9.71. The third-order valence-corrected chi connectivity index (χ3v) is 2.30. The van der Waals surface area contributed by atoms with Gasteiger partial charge in [-0.05, 0) is 11.6 Å². The molecule has 2 atom stereocenters. The standard InChI is InChI=1S/C13H12O3/c14-11(12-8-9-13(15)16-12)7-6-10-4-2-1-3-5-10/h1-9,11-12,14H/b7-6+/t11-,12+/m0/s1. The lowest BCUT2D eigenvalue weighted by Gasteiger charge is -2.11. The SMILES string of the molecule is O=C1C=C[C@H]([C@@H](O)/C=C/c2ccccc2)O1. The molecule has 0 bridgehead atoms. The molecule has 0 spiro atoms. The Morgan fingerprint density at radius 3 is 2.69 bits per heavy atom. The lowest BCUT2D eigenvalue weighted by atomic mass is 10.1. The van der Waals surface area contributed by atoms with Gasteiger partial charge in [-0.2, -0.15) is 0 Å². The van der Waals surface area contributed by atoms with Crippen molar-refractivity contribution in [3.63, 3.8) is 0 Å². The van der Waals surface area contributed by atoms with E-state index in [9.17, 15) is 9.90 Å². The summed E-state index contributed by atoms with van der Waals surface area (Å²) in [6, 6.07) is 9.62. The van der Waals surface area contributed by atoms with E-state index in [2.05, 4.69) is 0 Å². The summed E-state index contributed by atoms with van der Waals surface area (Å²) in [5.41, 5.74) is 0.995. The quantitative estimate of drug-likeness (QED) is 0.779. The molecule has 3 nitrogen and oxygen atoms in total. The Kier molecular flexibility index (Phi) is 3.17. The van der Waals surface area contributed by atoms with Gasteiger partial charge in [-0.1, -0.05) is 42.5 Å². The fourth-order valence-electron chi connectivity index (χ4n) is 1.45. The molecule has 1 N–H and O–H groups in total. The van der Waals surface area contributed by atoms with Gasteiger partial charge in [0, 0.05) is 6.08 Å². The van der Waals surface area contributed by atoms with Crippen LogP contribution in [0.5, 0.6) is 0 Å². The number of cyclic esters (lactones) is 1. The van der Waals surface area contributed by atoms with Crippen molar-refractivity contribution < 1.29 is 14.6 Å². The van der Waals surface area contributed by atoms with E-state index in [1.165, 1.54) is 6.08 Å². The minimum absolute atomic E-state index is 0.405. The maximum absolute atomic E-state index is 10.8. The normalized spacial score (nSPS) is 21.3. The van der Waals surface area contributed by atoms with E-state index in [1.54, 1.807) is 18.2 Å². The van der Waals surface area contributed by atoms with Gasteiger partial charge in [0.15, 0.2) is 6.10 Å². The highest BCUT2D eigenvalue weighted by Crippen LogP contribution is 2.12. The molecule has 1 aliphatic heterocycles. The molecule has 3 heteroatoms. The molecule has 0 saturated carbocycles. The Balaban J connectivity index is 1.97. The molecule has 0 aromatic heterocycles. The van der Waals surface area contributed by atoms with Crippen molar-refractivity contribution in [2.24, 2.45) is 0 Å². The summed E-state index contributed by atoms with van der Waals surface area (Å²) in [5.74, 6) is -0.405. The first kappa shape index (κ1) is 10.6. The van der Waals surface area contributed by atoms with Crippen molar-refractivity contribution in [3.05, 3.63) is 54.1 Å². The van der Waals surface area contributed by atoms with Crippen molar-refractivity contribution in [1.82, 2.24) is 0 Å². The van der Waals surface area contributed by atoms with E-state index in [-0.39, 0.29) is 0 Å². The average molecular weight is 216 g/mol. The third-order valence-electron chi connectivity index (χ3n) is 2.30. The number of ether oxygens (including phenoxy) is 1. The second-order valence-corrected chi connectivity index (χ2v) is 3.52. The van der Waals surface area contributed by atoms with Crippen molar-refractivity contribution >= 4 is 12.0 Å². The lowest BCUT2D eigenvalue weighted by molar-refractivity contribution is -0.141. The summed E-state index contributed by atoms with van der Waals surface area (Å²) >= 11 is 0. The predicted molar refractivity (Wildman–Crippen MR) is 60.5 cm³/mol. The number of benzene rings is 1. The molecule has 0 radical (unpaired) electrons. The van der Waals surface area contributed by atoms with E-state index >= 15 is 0 Å². The van der Waals surface area contributed by atoms with Gasteiger partial charge in [-0.15, -0.1) is 0 Å². The number of aliphatic hydroxyl groups excluding tert-OH is 1. The number of hydrogen-bond donors (Lipinski definition) is 1. The molecular formula is C13H12O3. The summed E-state index contributed by atoms with van der Waals surface area (Å²) < 4.78 is 4.86. The van der Waals surface area contributed by atoms with Crippen LogP contribution in [0.4, 0.5) is 0 Å². The third kappa shape index (κ3) is 2.58. The molecule has 0 unspecified atom stereocenters. The van der Waals surface area contributed by atoms with E-state index in [1.807, 2.05) is 30.3 Å². The van der Waals surface area contributed by atoms with E-state index in [0.29, 0.717) is 0 Å². The molecule has 0 fully saturated rings. The largest absolute Gasteiger partial charge is 0.452 e. The second-order valence-electron chi connectivity index (χ2n) is 3.52. The minimum Gasteiger partial charge on any atom is -0.452 e. The maximum Gasteiger partial charge on any atom is 0.331 e. The van der Waals surface area contributed by atoms with Crippen LogP contribution in [-0.2, 0) is 9.53 Å². The maximum atomic E-state index is 10.8. The van der Waals surface area contributed by atoms with Crippen molar-refractivity contribution in [2.45, 2.75) is 12.2 Å². The van der Waals surface area contributed by atoms with E-state index < -0.39 is 18.2 Å². The fraction of sp³-hybridized carbons (Fsp3) is 0.154. The lowest BCUT2D eigenvalue weighted by Crippen LogP contribution is -2.23. The Labute approximate surface area is 93.7 Å². The van der Waals surface area contributed by atoms with Gasteiger partial charge in [0.2, 0.25) is 0 Å². The highest BCUT2D eigenvalue weighted by molar-refractivity contribution is 5.84. The highest BCUT2D eigenvalue weighted by Gasteiger charge is 2.22. The first-order valence-electron chi connectivity index (χ1n) is 5.06. The first-order chi connectivity index (χ1) is 7.75. The number of carbonyl (C=O) groups excluding carboxylic acids is 1. The number of aliphatic hydroxyl groups is 1. The topological polar surface area (TPSA) is 46.5 Å². The minimum atomic E-state index is -0.803. The molecule has 1 heterocycles. The Bertz CT molecular complexity index is 420. The van der Waals surface area contributed by atoms with Crippen LogP contribution in [-0.4, -0.2) is 23.3 Å². The van der Waals surface area contributed by atoms with Crippen LogP contribution in [0, 0.1) is 0 Å². The summed E-state index contributed by atoms with van der Waals surface area (Å²) in [6.45, 7) is 0. The van der Waals surface area contributed by atoms with Crippen LogP contribution in [0.25, 0.3) is 6.08 Å². The summed E-state index contributed by atoms with van der Waals surface area (Å²) in [7, 11) is 0. The monoisotopic (exact) mass is 216 g/mol. The first-order valence-corrected chi connectivity index (χ1v) is 5.06. The number of esters is 1. The van der Waals surface area contributed by atoms with Crippen molar-refractivity contribution in [1.29, 1.82) is 0 Å². The number of hydrogen-bond acceptors (Lipinski definition) is 3. The summed E-state index contributed by atoms with van der Waals surface area (Å²) in [6.07, 6.45) is 4.93. The number of rotatable bonds is 3. The zero-order chi connectivity index (χ0) is 11.4. The van der Waals surface area contributed by atoms with Gasteiger partial charge >= 0.3 is 5.97 Å². The fourth-order valence-corrected chi connectivity index (χ4v) is 1.45. The van der Waals surface area contributed by atoms with Crippen molar-refractivity contribution in [2.75, 3.05) is 0 Å². The Morgan fingerprint density at radius 2 is 2.06 bits per heavy atom. The summed E-state index contributed by atoms with van der Waals surface area (Å²) in [4.78, 5) is 10.8. The van der Waals surface area contributed by atoms with Gasteiger partial charge in [0.25, 0.3) is 0 Å². The van der Waals surface area contributed by atoms with Crippen LogP contribution in [0.15, 0.2) is 48.6 Å². The molecule has 1 aromatic carbocycles. The molecule has 0 aliphatic carbocycles. The van der Waals surface area contributed by atoms with E-state index in [0.717, 1.165) is 5.56 Å². The van der Waals surface area contributed by atoms with Gasteiger partial charge < -0.3 is 9.84 Å². The van der Waals surface area contributed by atoms with Gasteiger partial charge in [-0.3, -0.25) is 0 Å². The predicted octanol–water partition coefficient (Wildman–Crippen LogP) is 1.54. The zero-order valence-electron chi connectivity index (χ0n) is 8.61. The van der Waals surface area contributed by atoms with E-state index in [4.69, 9.17) is 4.74 Å². The van der Waals surface area contributed by atoms with Gasteiger partial charge in [0.1, 0.15) is 6.10 Å². The molecule has 1 aromatic rings. The molecule has 1 aliphatic rings. The van der Waals surface area contributed by atoms with Crippen LogP contribution in [0.1, 0.15) is 5.56 Å². The molecule has 2 rings (SSSR count). The second kappa shape index (κ2) is 4.77. The molecule has 0 saturated heterocycles. The van der Waals surface area contributed by atoms with Gasteiger partial charge in [0.05, 0.1) is 0 Å². The van der Waals surface area contributed by atoms with Crippen LogP contribution in [0.3, 0.4) is 0 Å². The van der Waals surface area contributed by atoms with Crippen LogP contribution >= 0.6 is 0 Å². The van der Waals surface area contributed by atoms with Crippen LogP contribution < -0.4 is 0 Å². The number of carbonyl (C=O) groups is 1. The molecular weight excluding hydrogens is 204 g/mol. The smallest absolute Gasteiger partial charge is 0.331 e.